The van der Waals surface area contributed by atoms with Crippen molar-refractivity contribution in [3.05, 3.63) is 68.2 Å². The van der Waals surface area contributed by atoms with Crippen LogP contribution in [0, 0.1) is 10.1 Å². The zero-order valence-electron chi connectivity index (χ0n) is 13.4. The monoisotopic (exact) mass is 407 g/mol. The molecule has 0 aliphatic heterocycles. The number of carbonyl (C=O) groups is 2. The summed E-state index contributed by atoms with van der Waals surface area (Å²) in [6.45, 7) is 1.44. The van der Waals surface area contributed by atoms with Crippen molar-refractivity contribution >= 4 is 33.4 Å². The van der Waals surface area contributed by atoms with Gasteiger partial charge in [-0.15, -0.1) is 0 Å². The van der Waals surface area contributed by atoms with Gasteiger partial charge in [-0.3, -0.25) is 14.9 Å². The summed E-state index contributed by atoms with van der Waals surface area (Å²) >= 11 is 3.04. The number of ether oxygens (including phenoxy) is 2. The van der Waals surface area contributed by atoms with Crippen LogP contribution in [0.15, 0.2) is 46.9 Å². The summed E-state index contributed by atoms with van der Waals surface area (Å²) in [5.74, 6) is -0.601. The van der Waals surface area contributed by atoms with Gasteiger partial charge < -0.3 is 9.47 Å². The SMILES string of the molecule is COc1ccc(C(=O)[C@H](C)OC(=O)c2ccc(Br)c([N+](=O)[O-])c2)cc1. The lowest BCUT2D eigenvalue weighted by atomic mass is 10.1. The molecular formula is C17H14BrNO6. The highest BCUT2D eigenvalue weighted by Crippen LogP contribution is 2.26. The zero-order chi connectivity index (χ0) is 18.6. The van der Waals surface area contributed by atoms with E-state index >= 15 is 0 Å². The molecule has 0 saturated carbocycles. The molecule has 0 bridgehead atoms. The lowest BCUT2D eigenvalue weighted by molar-refractivity contribution is -0.385. The summed E-state index contributed by atoms with van der Waals surface area (Å²) in [4.78, 5) is 34.8. The van der Waals surface area contributed by atoms with Gasteiger partial charge in [0.25, 0.3) is 5.69 Å². The van der Waals surface area contributed by atoms with Crippen molar-refractivity contribution in [2.24, 2.45) is 0 Å². The van der Waals surface area contributed by atoms with Gasteiger partial charge in [0.15, 0.2) is 6.10 Å². The zero-order valence-corrected chi connectivity index (χ0v) is 15.0. The molecule has 0 fully saturated rings. The van der Waals surface area contributed by atoms with Crippen molar-refractivity contribution in [1.82, 2.24) is 0 Å². The fourth-order valence-corrected chi connectivity index (χ4v) is 2.44. The van der Waals surface area contributed by atoms with Crippen LogP contribution in [-0.4, -0.2) is 29.9 Å². The molecule has 130 valence electrons. The molecule has 0 aromatic heterocycles. The van der Waals surface area contributed by atoms with Gasteiger partial charge in [-0.1, -0.05) is 0 Å². The second kappa shape index (κ2) is 7.89. The van der Waals surface area contributed by atoms with Gasteiger partial charge >= 0.3 is 5.97 Å². The molecule has 0 amide bonds. The van der Waals surface area contributed by atoms with Crippen LogP contribution in [0.25, 0.3) is 0 Å². The van der Waals surface area contributed by atoms with E-state index in [0.29, 0.717) is 11.3 Å². The first-order chi connectivity index (χ1) is 11.8. The molecule has 0 radical (unpaired) electrons. The van der Waals surface area contributed by atoms with E-state index in [1.165, 1.54) is 26.2 Å². The van der Waals surface area contributed by atoms with Gasteiger partial charge in [-0.2, -0.15) is 0 Å². The molecule has 25 heavy (non-hydrogen) atoms. The van der Waals surface area contributed by atoms with Crippen molar-refractivity contribution in [2.75, 3.05) is 7.11 Å². The van der Waals surface area contributed by atoms with Crippen molar-refractivity contribution in [3.63, 3.8) is 0 Å². The van der Waals surface area contributed by atoms with E-state index in [0.717, 1.165) is 6.07 Å². The van der Waals surface area contributed by atoms with Crippen molar-refractivity contribution in [1.29, 1.82) is 0 Å². The van der Waals surface area contributed by atoms with Gasteiger partial charge in [0.2, 0.25) is 5.78 Å². The number of nitro groups is 1. The maximum absolute atomic E-state index is 12.3. The number of carbonyl (C=O) groups excluding carboxylic acids is 2. The Labute approximate surface area is 151 Å². The van der Waals surface area contributed by atoms with Crippen LogP contribution >= 0.6 is 15.9 Å². The quantitative estimate of drug-likeness (QED) is 0.312. The van der Waals surface area contributed by atoms with Gasteiger partial charge in [0.05, 0.1) is 22.1 Å². The number of esters is 1. The third-order valence-corrected chi connectivity index (χ3v) is 4.08. The maximum atomic E-state index is 12.3. The number of hydrogen-bond donors (Lipinski definition) is 0. The Bertz CT molecular complexity index is 818. The predicted octanol–water partition coefficient (Wildman–Crippen LogP) is 3.79. The molecule has 0 aliphatic rings. The predicted molar refractivity (Wildman–Crippen MR) is 93.0 cm³/mol. The second-order valence-electron chi connectivity index (χ2n) is 5.06. The third-order valence-electron chi connectivity index (χ3n) is 3.41. The first-order valence-electron chi connectivity index (χ1n) is 7.16. The topological polar surface area (TPSA) is 95.7 Å². The molecule has 7 nitrogen and oxygen atoms in total. The van der Waals surface area contributed by atoms with Gasteiger partial charge in [0.1, 0.15) is 5.75 Å². The summed E-state index contributed by atoms with van der Waals surface area (Å²) in [6, 6.07) is 10.2. The summed E-state index contributed by atoms with van der Waals surface area (Å²) in [5, 5.41) is 10.9. The van der Waals surface area contributed by atoms with E-state index in [2.05, 4.69) is 15.9 Å². The Hall–Kier alpha value is -2.74. The largest absolute Gasteiger partial charge is 0.497 e. The van der Waals surface area contributed by atoms with E-state index in [1.54, 1.807) is 24.3 Å². The molecule has 2 aromatic rings. The van der Waals surface area contributed by atoms with E-state index in [1.807, 2.05) is 0 Å². The number of hydrogen-bond acceptors (Lipinski definition) is 6. The second-order valence-corrected chi connectivity index (χ2v) is 5.92. The van der Waals surface area contributed by atoms with Gasteiger partial charge in [-0.05, 0) is 59.3 Å². The van der Waals surface area contributed by atoms with Crippen LogP contribution in [-0.2, 0) is 4.74 Å². The van der Waals surface area contributed by atoms with Crippen LogP contribution in [0.4, 0.5) is 5.69 Å². The smallest absolute Gasteiger partial charge is 0.339 e. The number of Topliss-reactive ketones (excluding diaryl/α,β-unsaturated/α-hetero) is 1. The fraction of sp³-hybridized carbons (Fsp3) is 0.176. The van der Waals surface area contributed by atoms with Crippen molar-refractivity contribution < 1.29 is 24.0 Å². The minimum atomic E-state index is -1.04. The lowest BCUT2D eigenvalue weighted by Crippen LogP contribution is -2.24. The highest BCUT2D eigenvalue weighted by molar-refractivity contribution is 9.10. The molecule has 0 saturated heterocycles. The summed E-state index contributed by atoms with van der Waals surface area (Å²) in [7, 11) is 1.51. The highest BCUT2D eigenvalue weighted by atomic mass is 79.9. The molecule has 2 rings (SSSR count). The summed E-state index contributed by atoms with van der Waals surface area (Å²) < 4.78 is 10.4. The number of nitro benzene ring substituents is 1. The van der Waals surface area contributed by atoms with Crippen LogP contribution in [0.3, 0.4) is 0 Å². The molecule has 0 N–H and O–H groups in total. The third kappa shape index (κ3) is 4.42. The minimum absolute atomic E-state index is 0.00993. The highest BCUT2D eigenvalue weighted by Gasteiger charge is 2.22. The number of benzene rings is 2. The molecule has 0 heterocycles. The van der Waals surface area contributed by atoms with Crippen LogP contribution in [0.5, 0.6) is 5.75 Å². The molecule has 8 heteroatoms. The van der Waals surface area contributed by atoms with Gasteiger partial charge in [-0.25, -0.2) is 4.79 Å². The van der Waals surface area contributed by atoms with Crippen molar-refractivity contribution in [2.45, 2.75) is 13.0 Å². The average Bonchev–Trinajstić information content (AvgIpc) is 2.61. The molecular weight excluding hydrogens is 394 g/mol. The number of ketones is 1. The lowest BCUT2D eigenvalue weighted by Gasteiger charge is -2.12. The first-order valence-corrected chi connectivity index (χ1v) is 7.96. The molecule has 2 aromatic carbocycles. The number of nitrogens with zero attached hydrogens (tertiary/aromatic N) is 1. The average molecular weight is 408 g/mol. The van der Waals surface area contributed by atoms with Crippen LogP contribution < -0.4 is 4.74 Å². The van der Waals surface area contributed by atoms with Gasteiger partial charge in [0, 0.05) is 11.6 Å². The van der Waals surface area contributed by atoms with Crippen LogP contribution in [0.2, 0.25) is 0 Å². The van der Waals surface area contributed by atoms with E-state index in [9.17, 15) is 19.7 Å². The minimum Gasteiger partial charge on any atom is -0.497 e. The Morgan fingerprint density at radius 2 is 1.72 bits per heavy atom. The normalized spacial score (nSPS) is 11.5. The molecule has 0 unspecified atom stereocenters. The van der Waals surface area contributed by atoms with E-state index < -0.39 is 17.0 Å². The molecule has 1 atom stereocenters. The van der Waals surface area contributed by atoms with Crippen LogP contribution in [0.1, 0.15) is 27.6 Å². The molecule has 0 spiro atoms. The van der Waals surface area contributed by atoms with E-state index in [4.69, 9.17) is 9.47 Å². The van der Waals surface area contributed by atoms with E-state index in [-0.39, 0.29) is 21.5 Å². The Balaban J connectivity index is 2.12. The Kier molecular flexibility index (Phi) is 5.87. The number of rotatable bonds is 6. The summed E-state index contributed by atoms with van der Waals surface area (Å²) in [6.07, 6.45) is -1.04. The molecule has 0 aliphatic carbocycles. The Morgan fingerprint density at radius 1 is 1.12 bits per heavy atom. The maximum Gasteiger partial charge on any atom is 0.339 e. The number of methoxy groups -OCH3 is 1. The number of halogens is 1. The Morgan fingerprint density at radius 3 is 2.28 bits per heavy atom. The fourth-order valence-electron chi connectivity index (χ4n) is 2.05. The standard InChI is InChI=1S/C17H14BrNO6/c1-10(16(20)11-3-6-13(24-2)7-4-11)25-17(21)12-5-8-14(18)15(9-12)19(22)23/h3-10H,1-2H3/t10-/m0/s1. The van der Waals surface area contributed by atoms with Crippen molar-refractivity contribution in [3.8, 4) is 5.75 Å². The first kappa shape index (κ1) is 18.6. The summed E-state index contributed by atoms with van der Waals surface area (Å²) in [5.41, 5.74) is 0.0933.